The minimum absolute atomic E-state index is 0.168. The topological polar surface area (TPSA) is 89.4 Å². The molecule has 0 aliphatic carbocycles. The van der Waals surface area contributed by atoms with Gasteiger partial charge in [-0.15, -0.1) is 0 Å². The number of furan rings is 1. The molecule has 20 heavy (non-hydrogen) atoms. The number of carboxylic acids is 1. The van der Waals surface area contributed by atoms with Gasteiger partial charge in [-0.25, -0.2) is 4.79 Å². The summed E-state index contributed by atoms with van der Waals surface area (Å²) < 4.78 is 10.4. The largest absolute Gasteiger partial charge is 0.478 e. The summed E-state index contributed by atoms with van der Waals surface area (Å²) in [5.41, 5.74) is 1.47. The summed E-state index contributed by atoms with van der Waals surface area (Å²) in [5, 5.41) is 12.8. The van der Waals surface area contributed by atoms with Crippen LogP contribution >= 0.6 is 0 Å². The average molecular weight is 270 g/mol. The minimum Gasteiger partial charge on any atom is -0.478 e. The lowest BCUT2D eigenvalue weighted by atomic mass is 10.1. The van der Waals surface area contributed by atoms with Crippen LogP contribution < -0.4 is 0 Å². The van der Waals surface area contributed by atoms with E-state index in [0.29, 0.717) is 17.1 Å². The number of hydrogen-bond acceptors (Lipinski definition) is 5. The van der Waals surface area contributed by atoms with Gasteiger partial charge in [-0.2, -0.15) is 4.98 Å². The Morgan fingerprint density at radius 2 is 2.15 bits per heavy atom. The smallest absolute Gasteiger partial charge is 0.335 e. The molecule has 6 nitrogen and oxygen atoms in total. The quantitative estimate of drug-likeness (QED) is 0.786. The first kappa shape index (κ1) is 12.2. The molecule has 0 saturated heterocycles. The van der Waals surface area contributed by atoms with E-state index in [0.717, 1.165) is 5.56 Å². The Balaban J connectivity index is 2.00. The van der Waals surface area contributed by atoms with Crippen LogP contribution in [0, 0.1) is 6.92 Å². The van der Waals surface area contributed by atoms with Crippen molar-refractivity contribution >= 4 is 5.97 Å². The number of carbonyl (C=O) groups is 1. The van der Waals surface area contributed by atoms with Crippen LogP contribution in [-0.4, -0.2) is 21.2 Å². The van der Waals surface area contributed by atoms with Crippen LogP contribution in [0.1, 0.15) is 16.1 Å². The van der Waals surface area contributed by atoms with Gasteiger partial charge in [0.2, 0.25) is 5.82 Å². The molecule has 0 saturated carbocycles. The zero-order chi connectivity index (χ0) is 14.1. The molecule has 0 aliphatic heterocycles. The van der Waals surface area contributed by atoms with Crippen LogP contribution in [0.15, 0.2) is 45.5 Å². The molecule has 6 heteroatoms. The van der Waals surface area contributed by atoms with Crippen LogP contribution in [0.3, 0.4) is 0 Å². The van der Waals surface area contributed by atoms with Crippen LogP contribution in [-0.2, 0) is 0 Å². The second kappa shape index (κ2) is 4.65. The van der Waals surface area contributed by atoms with E-state index >= 15 is 0 Å². The standard InChI is InChI=1S/C14H10N2O4/c1-8-11(5-6-19-8)12-15-13(20-16-12)9-3-2-4-10(7-9)14(17)18/h2-7H,1H3,(H,17,18). The van der Waals surface area contributed by atoms with E-state index in [1.54, 1.807) is 31.4 Å². The van der Waals surface area contributed by atoms with Crippen molar-refractivity contribution in [1.82, 2.24) is 10.1 Å². The highest BCUT2D eigenvalue weighted by Gasteiger charge is 2.15. The van der Waals surface area contributed by atoms with Gasteiger partial charge in [0.05, 0.1) is 17.4 Å². The van der Waals surface area contributed by atoms with E-state index in [1.807, 2.05) is 0 Å². The molecular weight excluding hydrogens is 260 g/mol. The third-order valence-corrected chi connectivity index (χ3v) is 2.88. The first-order valence-electron chi connectivity index (χ1n) is 5.87. The first-order chi connectivity index (χ1) is 9.65. The number of rotatable bonds is 3. The second-order valence-corrected chi connectivity index (χ2v) is 4.20. The number of aromatic nitrogens is 2. The van der Waals surface area contributed by atoms with Gasteiger partial charge in [0, 0.05) is 5.56 Å². The molecule has 0 radical (unpaired) electrons. The Hall–Kier alpha value is -2.89. The lowest BCUT2D eigenvalue weighted by Crippen LogP contribution is -1.95. The van der Waals surface area contributed by atoms with E-state index in [9.17, 15) is 4.79 Å². The fourth-order valence-electron chi connectivity index (χ4n) is 1.85. The van der Waals surface area contributed by atoms with Crippen molar-refractivity contribution in [2.24, 2.45) is 0 Å². The van der Waals surface area contributed by atoms with E-state index in [4.69, 9.17) is 14.0 Å². The maximum absolute atomic E-state index is 10.9. The van der Waals surface area contributed by atoms with Crippen LogP contribution in [0.4, 0.5) is 0 Å². The highest BCUT2D eigenvalue weighted by Crippen LogP contribution is 2.25. The van der Waals surface area contributed by atoms with Crippen molar-refractivity contribution < 1.29 is 18.8 Å². The summed E-state index contributed by atoms with van der Waals surface area (Å²) in [6, 6.07) is 8.08. The van der Waals surface area contributed by atoms with Crippen LogP contribution in [0.25, 0.3) is 22.8 Å². The van der Waals surface area contributed by atoms with Gasteiger partial charge in [0.25, 0.3) is 5.89 Å². The van der Waals surface area contributed by atoms with E-state index in [1.165, 1.54) is 12.1 Å². The molecule has 3 rings (SSSR count). The van der Waals surface area contributed by atoms with Crippen molar-refractivity contribution in [3.63, 3.8) is 0 Å². The molecule has 3 aromatic rings. The molecule has 1 aromatic carbocycles. The third kappa shape index (κ3) is 2.07. The van der Waals surface area contributed by atoms with E-state index in [2.05, 4.69) is 10.1 Å². The van der Waals surface area contributed by atoms with E-state index < -0.39 is 5.97 Å². The van der Waals surface area contributed by atoms with E-state index in [-0.39, 0.29) is 11.5 Å². The number of hydrogen-bond donors (Lipinski definition) is 1. The molecule has 0 fully saturated rings. The molecule has 0 atom stereocenters. The van der Waals surface area contributed by atoms with Gasteiger partial charge in [-0.05, 0) is 31.2 Å². The van der Waals surface area contributed by atoms with Crippen molar-refractivity contribution in [2.45, 2.75) is 6.92 Å². The Labute approximate surface area is 113 Å². The first-order valence-corrected chi connectivity index (χ1v) is 5.87. The third-order valence-electron chi connectivity index (χ3n) is 2.88. The summed E-state index contributed by atoms with van der Waals surface area (Å²) in [6.07, 6.45) is 1.55. The molecule has 0 unspecified atom stereocenters. The summed E-state index contributed by atoms with van der Waals surface area (Å²) in [5.74, 6) is 0.365. The molecule has 0 bridgehead atoms. The SMILES string of the molecule is Cc1occc1-c1noc(-c2cccc(C(=O)O)c2)n1. The number of carboxylic acid groups (broad SMARTS) is 1. The molecule has 100 valence electrons. The number of aryl methyl sites for hydroxylation is 1. The normalized spacial score (nSPS) is 10.7. The summed E-state index contributed by atoms with van der Waals surface area (Å²) in [6.45, 7) is 1.80. The monoisotopic (exact) mass is 270 g/mol. The molecule has 0 amide bonds. The summed E-state index contributed by atoms with van der Waals surface area (Å²) in [4.78, 5) is 15.2. The minimum atomic E-state index is -1.00. The van der Waals surface area contributed by atoms with Crippen LogP contribution in [0.2, 0.25) is 0 Å². The maximum atomic E-state index is 10.9. The lowest BCUT2D eigenvalue weighted by Gasteiger charge is -1.96. The number of aromatic carboxylic acids is 1. The Kier molecular flexibility index (Phi) is 2.83. The highest BCUT2D eigenvalue weighted by atomic mass is 16.5. The average Bonchev–Trinajstić information content (AvgIpc) is 3.07. The van der Waals surface area contributed by atoms with Crippen LogP contribution in [0.5, 0.6) is 0 Å². The summed E-state index contributed by atoms with van der Waals surface area (Å²) in [7, 11) is 0. The van der Waals surface area contributed by atoms with Gasteiger partial charge in [0.1, 0.15) is 5.76 Å². The Morgan fingerprint density at radius 1 is 1.30 bits per heavy atom. The van der Waals surface area contributed by atoms with Gasteiger partial charge in [-0.3, -0.25) is 0 Å². The maximum Gasteiger partial charge on any atom is 0.335 e. The van der Waals surface area contributed by atoms with Crippen molar-refractivity contribution in [3.05, 3.63) is 47.9 Å². The highest BCUT2D eigenvalue weighted by molar-refractivity contribution is 5.89. The lowest BCUT2D eigenvalue weighted by molar-refractivity contribution is 0.0697. The molecule has 2 aromatic heterocycles. The molecule has 0 spiro atoms. The number of nitrogens with zero attached hydrogens (tertiary/aromatic N) is 2. The molecule has 2 heterocycles. The predicted octanol–water partition coefficient (Wildman–Crippen LogP) is 3.00. The molecule has 1 N–H and O–H groups in total. The van der Waals surface area contributed by atoms with Gasteiger partial charge >= 0.3 is 5.97 Å². The van der Waals surface area contributed by atoms with Gasteiger partial charge in [-0.1, -0.05) is 11.2 Å². The fourth-order valence-corrected chi connectivity index (χ4v) is 1.85. The Bertz CT molecular complexity index is 773. The second-order valence-electron chi connectivity index (χ2n) is 4.20. The van der Waals surface area contributed by atoms with Crippen molar-refractivity contribution in [3.8, 4) is 22.8 Å². The van der Waals surface area contributed by atoms with Crippen molar-refractivity contribution in [2.75, 3.05) is 0 Å². The zero-order valence-corrected chi connectivity index (χ0v) is 10.5. The summed E-state index contributed by atoms with van der Waals surface area (Å²) >= 11 is 0. The Morgan fingerprint density at radius 3 is 2.85 bits per heavy atom. The fraction of sp³-hybridized carbons (Fsp3) is 0.0714. The van der Waals surface area contributed by atoms with Crippen molar-refractivity contribution in [1.29, 1.82) is 0 Å². The zero-order valence-electron chi connectivity index (χ0n) is 10.5. The molecular formula is C14H10N2O4. The molecule has 0 aliphatic rings. The number of benzene rings is 1. The van der Waals surface area contributed by atoms with Gasteiger partial charge < -0.3 is 14.0 Å². The van der Waals surface area contributed by atoms with Gasteiger partial charge in [0.15, 0.2) is 0 Å². The predicted molar refractivity (Wildman–Crippen MR) is 69.1 cm³/mol.